The summed E-state index contributed by atoms with van der Waals surface area (Å²) in [6.07, 6.45) is 102. The first-order chi connectivity index (χ1) is 41.0. The summed E-state index contributed by atoms with van der Waals surface area (Å²) in [6.45, 7) is 6.36. The van der Waals surface area contributed by atoms with E-state index in [2.05, 4.69) is 191 Å². The summed E-state index contributed by atoms with van der Waals surface area (Å²) in [5, 5.41) is 0. The SMILES string of the molecule is CC/C=C\C/C=C\C/C=C\C/C=C\C/C=C\C/C=C\C/C=C\C/C=C\CCCCCCCCC(=O)OCC(COC(=O)CCCCCCC/C=C\CCCCCCCC)OC(=O)CCCCC/C=C\C/C=C\C/C=C\C/C=C\C/C=C\CC. The molecule has 0 heterocycles. The van der Waals surface area contributed by atoms with Gasteiger partial charge in [0.15, 0.2) is 6.10 Å². The highest BCUT2D eigenvalue weighted by Crippen LogP contribution is 2.14. The summed E-state index contributed by atoms with van der Waals surface area (Å²) in [5.74, 6) is -0.965. The molecule has 0 aromatic heterocycles. The Hall–Kier alpha value is -5.23. The number of esters is 3. The van der Waals surface area contributed by atoms with Gasteiger partial charge in [0.05, 0.1) is 0 Å². The van der Waals surface area contributed by atoms with Crippen LogP contribution >= 0.6 is 0 Å². The highest BCUT2D eigenvalue weighted by Gasteiger charge is 2.19. The summed E-state index contributed by atoms with van der Waals surface area (Å²) in [7, 11) is 0. The van der Waals surface area contributed by atoms with Gasteiger partial charge in [-0.15, -0.1) is 0 Å². The second-order valence-electron chi connectivity index (χ2n) is 21.6. The van der Waals surface area contributed by atoms with Crippen molar-refractivity contribution in [2.45, 2.75) is 284 Å². The van der Waals surface area contributed by atoms with Crippen molar-refractivity contribution in [3.63, 3.8) is 0 Å². The Morgan fingerprint density at radius 3 is 0.759 bits per heavy atom. The third kappa shape index (κ3) is 67.4. The molecule has 6 heteroatoms. The zero-order chi connectivity index (χ0) is 59.9. The van der Waals surface area contributed by atoms with Crippen molar-refractivity contribution in [2.24, 2.45) is 0 Å². The lowest BCUT2D eigenvalue weighted by Gasteiger charge is -2.18. The third-order valence-electron chi connectivity index (χ3n) is 13.7. The van der Waals surface area contributed by atoms with E-state index in [0.717, 1.165) is 167 Å². The molecule has 0 aliphatic rings. The normalized spacial score (nSPS) is 13.2. The molecule has 0 aromatic rings. The first-order valence-electron chi connectivity index (χ1n) is 33.6. The van der Waals surface area contributed by atoms with Gasteiger partial charge in [0.1, 0.15) is 13.2 Å². The summed E-state index contributed by atoms with van der Waals surface area (Å²) in [6, 6.07) is 0. The molecule has 0 aliphatic heterocycles. The maximum Gasteiger partial charge on any atom is 0.306 e. The van der Waals surface area contributed by atoms with Crippen LogP contribution in [0.4, 0.5) is 0 Å². The topological polar surface area (TPSA) is 78.9 Å². The fourth-order valence-corrected chi connectivity index (χ4v) is 8.71. The zero-order valence-corrected chi connectivity index (χ0v) is 53.4. The van der Waals surface area contributed by atoms with Crippen LogP contribution < -0.4 is 0 Å². The molecule has 0 fully saturated rings. The summed E-state index contributed by atoms with van der Waals surface area (Å²) >= 11 is 0. The van der Waals surface area contributed by atoms with E-state index in [0.29, 0.717) is 19.3 Å². The van der Waals surface area contributed by atoms with E-state index in [4.69, 9.17) is 14.2 Å². The Bertz CT molecular complexity index is 1890. The molecule has 0 spiro atoms. The van der Waals surface area contributed by atoms with Crippen LogP contribution in [0.25, 0.3) is 0 Å². The average Bonchev–Trinajstić information content (AvgIpc) is 3.49. The van der Waals surface area contributed by atoms with Crippen LogP contribution in [0.1, 0.15) is 278 Å². The number of carbonyl (C=O) groups is 3. The number of hydrogen-bond donors (Lipinski definition) is 0. The molecule has 466 valence electrons. The van der Waals surface area contributed by atoms with Crippen LogP contribution in [0.3, 0.4) is 0 Å². The van der Waals surface area contributed by atoms with E-state index in [9.17, 15) is 14.4 Å². The first kappa shape index (κ1) is 77.8. The molecule has 6 nitrogen and oxygen atoms in total. The lowest BCUT2D eigenvalue weighted by atomic mass is 10.1. The molecule has 1 unspecified atom stereocenters. The summed E-state index contributed by atoms with van der Waals surface area (Å²) < 4.78 is 16.9. The number of hydrogen-bond acceptors (Lipinski definition) is 6. The summed E-state index contributed by atoms with van der Waals surface area (Å²) in [5.41, 5.74) is 0. The van der Waals surface area contributed by atoms with Crippen molar-refractivity contribution < 1.29 is 28.6 Å². The van der Waals surface area contributed by atoms with E-state index in [-0.39, 0.29) is 37.5 Å². The molecule has 0 radical (unpaired) electrons. The van der Waals surface area contributed by atoms with Crippen molar-refractivity contribution in [1.82, 2.24) is 0 Å². The van der Waals surface area contributed by atoms with Crippen molar-refractivity contribution >= 4 is 17.9 Å². The van der Waals surface area contributed by atoms with Crippen molar-refractivity contribution in [2.75, 3.05) is 13.2 Å². The molecule has 0 aromatic carbocycles. The quantitative estimate of drug-likeness (QED) is 0.0261. The minimum absolute atomic E-state index is 0.107. The molecule has 1 atom stereocenters. The Morgan fingerprint density at radius 1 is 0.253 bits per heavy atom. The van der Waals surface area contributed by atoms with Gasteiger partial charge in [-0.3, -0.25) is 14.4 Å². The molecule has 0 rings (SSSR count). The van der Waals surface area contributed by atoms with Gasteiger partial charge in [-0.05, 0) is 154 Å². The van der Waals surface area contributed by atoms with E-state index >= 15 is 0 Å². The first-order valence-corrected chi connectivity index (χ1v) is 33.6. The largest absolute Gasteiger partial charge is 0.462 e. The predicted octanol–water partition coefficient (Wildman–Crippen LogP) is 23.4. The number of rotatable bonds is 59. The predicted molar refractivity (Wildman–Crippen MR) is 361 cm³/mol. The van der Waals surface area contributed by atoms with Gasteiger partial charge in [-0.2, -0.15) is 0 Å². The molecule has 0 amide bonds. The molecule has 0 bridgehead atoms. The Labute approximate surface area is 511 Å². The van der Waals surface area contributed by atoms with E-state index in [1.165, 1.54) is 64.2 Å². The zero-order valence-electron chi connectivity index (χ0n) is 53.4. The average molecular weight is 1140 g/mol. The van der Waals surface area contributed by atoms with E-state index in [1.54, 1.807) is 0 Å². The number of carbonyl (C=O) groups excluding carboxylic acids is 3. The minimum atomic E-state index is -0.816. The maximum atomic E-state index is 12.9. The standard InChI is InChI=1S/C77H122O6/c1-4-7-10-13-16-19-22-25-28-30-32-33-34-35-36-37-38-39-40-41-42-43-45-46-49-52-55-58-61-64-67-70-76(79)82-73-74(72-81-75(78)69-66-63-60-57-54-51-48-27-24-21-18-15-12-9-6-3)83-77(80)71-68-65-62-59-56-53-50-47-44-31-29-26-23-20-17-14-11-8-5-2/h7-8,10-11,16-17,19-20,25-29,32-33,35-36,38-39,41-42,44-48,53,56,74H,4-6,9,12-15,18,21-24,30-31,34,37,40,43,49-52,54-55,57-73H2,1-3H3/b10-7-,11-8-,19-16-,20-17-,28-25-,29-26-,33-32-,36-35-,39-38-,42-41-,46-45-,47-44-,48-27-,56-53-. The van der Waals surface area contributed by atoms with Crippen LogP contribution in [-0.2, 0) is 28.6 Å². The van der Waals surface area contributed by atoms with Gasteiger partial charge in [0, 0.05) is 19.3 Å². The highest BCUT2D eigenvalue weighted by molar-refractivity contribution is 5.71. The molecule has 0 N–H and O–H groups in total. The van der Waals surface area contributed by atoms with Crippen molar-refractivity contribution in [1.29, 1.82) is 0 Å². The van der Waals surface area contributed by atoms with Crippen molar-refractivity contribution in [3.8, 4) is 0 Å². The second kappa shape index (κ2) is 69.3. The van der Waals surface area contributed by atoms with Gasteiger partial charge >= 0.3 is 17.9 Å². The monoisotopic (exact) mass is 1140 g/mol. The van der Waals surface area contributed by atoms with E-state index < -0.39 is 6.10 Å². The lowest BCUT2D eigenvalue weighted by molar-refractivity contribution is -0.167. The number of unbranched alkanes of at least 4 members (excludes halogenated alkanes) is 20. The van der Waals surface area contributed by atoms with Crippen LogP contribution in [0.2, 0.25) is 0 Å². The molecular formula is C77H122O6. The van der Waals surface area contributed by atoms with Crippen LogP contribution in [-0.4, -0.2) is 37.2 Å². The van der Waals surface area contributed by atoms with Crippen LogP contribution in [0.5, 0.6) is 0 Å². The van der Waals surface area contributed by atoms with Gasteiger partial charge < -0.3 is 14.2 Å². The Morgan fingerprint density at radius 2 is 0.470 bits per heavy atom. The summed E-state index contributed by atoms with van der Waals surface area (Å²) in [4.78, 5) is 38.4. The fourth-order valence-electron chi connectivity index (χ4n) is 8.71. The fraction of sp³-hybridized carbons (Fsp3) is 0.597. The minimum Gasteiger partial charge on any atom is -0.462 e. The molecule has 83 heavy (non-hydrogen) atoms. The van der Waals surface area contributed by atoms with Crippen LogP contribution in [0, 0.1) is 0 Å². The smallest absolute Gasteiger partial charge is 0.306 e. The number of ether oxygens (including phenoxy) is 3. The van der Waals surface area contributed by atoms with Gasteiger partial charge in [-0.1, -0.05) is 274 Å². The van der Waals surface area contributed by atoms with Gasteiger partial charge in [0.25, 0.3) is 0 Å². The third-order valence-corrected chi connectivity index (χ3v) is 13.7. The van der Waals surface area contributed by atoms with Gasteiger partial charge in [0.2, 0.25) is 0 Å². The Kier molecular flexibility index (Phi) is 64.9. The Balaban J connectivity index is 4.44. The molecule has 0 saturated heterocycles. The molecular weight excluding hydrogens is 1020 g/mol. The van der Waals surface area contributed by atoms with Gasteiger partial charge in [-0.25, -0.2) is 0 Å². The van der Waals surface area contributed by atoms with E-state index in [1.807, 2.05) is 0 Å². The van der Waals surface area contributed by atoms with Crippen molar-refractivity contribution in [3.05, 3.63) is 170 Å². The maximum absolute atomic E-state index is 12.9. The van der Waals surface area contributed by atoms with Crippen LogP contribution in [0.15, 0.2) is 170 Å². The lowest BCUT2D eigenvalue weighted by Crippen LogP contribution is -2.30. The second-order valence-corrected chi connectivity index (χ2v) is 21.6. The molecule has 0 saturated carbocycles. The highest BCUT2D eigenvalue weighted by atomic mass is 16.6. The number of allylic oxidation sites excluding steroid dienone is 28. The molecule has 0 aliphatic carbocycles.